The van der Waals surface area contributed by atoms with Crippen LogP contribution in [0.4, 0.5) is 5.69 Å². The largest absolute Gasteiger partial charge is 0.544 e. The highest BCUT2D eigenvalue weighted by Gasteiger charge is 2.10. The lowest BCUT2D eigenvalue weighted by Crippen LogP contribution is -2.23. The molecule has 8 nitrogen and oxygen atoms in total. The highest BCUT2D eigenvalue weighted by atomic mass is 32.2. The van der Waals surface area contributed by atoms with Gasteiger partial charge in [0, 0.05) is 24.0 Å². The number of rotatable bonds is 5. The highest BCUT2D eigenvalue weighted by Crippen LogP contribution is 2.27. The molecule has 0 aliphatic heterocycles. The van der Waals surface area contributed by atoms with Gasteiger partial charge in [0.2, 0.25) is 5.89 Å². The van der Waals surface area contributed by atoms with Gasteiger partial charge in [-0.3, -0.25) is 10.1 Å². The number of nitro groups is 1. The van der Waals surface area contributed by atoms with Gasteiger partial charge >= 0.3 is 0 Å². The van der Waals surface area contributed by atoms with E-state index in [1.165, 1.54) is 30.3 Å². The van der Waals surface area contributed by atoms with E-state index in [0.717, 1.165) is 0 Å². The summed E-state index contributed by atoms with van der Waals surface area (Å²) in [4.78, 5) is 21.0. The van der Waals surface area contributed by atoms with Crippen LogP contribution in [0.25, 0.3) is 6.08 Å². The molecule has 2 aromatic rings. The van der Waals surface area contributed by atoms with E-state index in [4.69, 9.17) is 4.42 Å². The number of aromatic nitrogens is 2. The van der Waals surface area contributed by atoms with Crippen molar-refractivity contribution in [2.24, 2.45) is 0 Å². The van der Waals surface area contributed by atoms with Crippen LogP contribution in [0.5, 0.6) is 0 Å². The molecular formula is C12H8N3O5S-. The molecule has 1 heterocycles. The van der Waals surface area contributed by atoms with Gasteiger partial charge in [-0.15, -0.1) is 10.2 Å². The predicted molar refractivity (Wildman–Crippen MR) is 71.0 cm³/mol. The van der Waals surface area contributed by atoms with Crippen LogP contribution in [-0.2, 0) is 4.79 Å². The van der Waals surface area contributed by atoms with E-state index < -0.39 is 10.9 Å². The van der Waals surface area contributed by atoms with Crippen molar-refractivity contribution in [3.05, 3.63) is 50.7 Å². The van der Waals surface area contributed by atoms with E-state index in [9.17, 15) is 20.0 Å². The molecule has 0 aliphatic rings. The maximum absolute atomic E-state index is 11.1. The van der Waals surface area contributed by atoms with Gasteiger partial charge in [-0.05, 0) is 23.4 Å². The molecule has 0 saturated carbocycles. The predicted octanol–water partition coefficient (Wildman–Crippen LogP) is 1.17. The van der Waals surface area contributed by atoms with Gasteiger partial charge in [-0.1, -0.05) is 12.1 Å². The van der Waals surface area contributed by atoms with Gasteiger partial charge in [-0.2, -0.15) is 0 Å². The van der Waals surface area contributed by atoms with E-state index in [0.29, 0.717) is 23.2 Å². The number of aliphatic carboxylic acids is 1. The van der Waals surface area contributed by atoms with Crippen molar-refractivity contribution in [1.82, 2.24) is 10.2 Å². The molecule has 0 radical (unpaired) electrons. The Bertz CT molecular complexity index is 725. The van der Waals surface area contributed by atoms with Crippen molar-refractivity contribution in [3.8, 4) is 0 Å². The summed E-state index contributed by atoms with van der Waals surface area (Å²) >= 11 is 0.716. The minimum Gasteiger partial charge on any atom is -0.544 e. The number of nitro benzene ring substituents is 1. The average Bonchev–Trinajstić information content (AvgIpc) is 2.83. The van der Waals surface area contributed by atoms with Gasteiger partial charge in [0.15, 0.2) is 0 Å². The van der Waals surface area contributed by atoms with Crippen LogP contribution in [0.3, 0.4) is 0 Å². The van der Waals surface area contributed by atoms with Gasteiger partial charge in [0.25, 0.3) is 10.9 Å². The quantitative estimate of drug-likeness (QED) is 0.349. The molecule has 0 bridgehead atoms. The van der Waals surface area contributed by atoms with E-state index in [-0.39, 0.29) is 15.8 Å². The molecular weight excluding hydrogens is 298 g/mol. The molecule has 21 heavy (non-hydrogen) atoms. The van der Waals surface area contributed by atoms with Crippen LogP contribution < -0.4 is 5.11 Å². The normalized spacial score (nSPS) is 11.4. The first-order valence-electron chi connectivity index (χ1n) is 5.61. The molecule has 0 aliphatic carbocycles. The van der Waals surface area contributed by atoms with Crippen LogP contribution in [0.2, 0.25) is 0 Å². The van der Waals surface area contributed by atoms with Crippen molar-refractivity contribution in [1.29, 1.82) is 0 Å². The fraction of sp³-hybridized carbons (Fsp3) is 0.0833. The Balaban J connectivity index is 2.31. The molecule has 0 atom stereocenters. The molecule has 9 heteroatoms. The summed E-state index contributed by atoms with van der Waals surface area (Å²) in [6.45, 7) is 1.57. The van der Waals surface area contributed by atoms with Crippen molar-refractivity contribution < 1.29 is 19.2 Å². The number of hydrogen-bond acceptors (Lipinski definition) is 8. The first-order chi connectivity index (χ1) is 9.95. The Hall–Kier alpha value is -2.68. The molecule has 1 aromatic carbocycles. The third-order valence-electron chi connectivity index (χ3n) is 2.28. The first-order valence-corrected chi connectivity index (χ1v) is 6.43. The van der Waals surface area contributed by atoms with Gasteiger partial charge < -0.3 is 14.3 Å². The zero-order chi connectivity index (χ0) is 15.4. The second-order valence-corrected chi connectivity index (χ2v) is 4.83. The van der Waals surface area contributed by atoms with Crippen molar-refractivity contribution in [2.75, 3.05) is 0 Å². The number of carboxylic acids is 1. The van der Waals surface area contributed by atoms with Crippen LogP contribution >= 0.6 is 11.8 Å². The summed E-state index contributed by atoms with van der Waals surface area (Å²) in [6.07, 6.45) is 1.24. The van der Waals surface area contributed by atoms with Gasteiger partial charge in [-0.25, -0.2) is 0 Å². The number of aryl methyl sites for hydroxylation is 1. The summed E-state index contributed by atoms with van der Waals surface area (Å²) in [5.41, 5.74) is 0.215. The molecule has 0 unspecified atom stereocenters. The monoisotopic (exact) mass is 306 g/mol. The Kier molecular flexibility index (Phi) is 4.33. The minimum absolute atomic E-state index is 0.0494. The summed E-state index contributed by atoms with van der Waals surface area (Å²) in [5.74, 6) is -1.15. The van der Waals surface area contributed by atoms with Crippen molar-refractivity contribution in [3.63, 3.8) is 0 Å². The summed E-state index contributed by atoms with van der Waals surface area (Å²) in [7, 11) is 0. The van der Waals surface area contributed by atoms with Gasteiger partial charge in [0.1, 0.15) is 0 Å². The molecule has 0 amide bonds. The SMILES string of the molecule is Cc1nnc(S/C(=C\c2cccc([N+](=O)[O-])c2)C(=O)[O-])o1. The maximum Gasteiger partial charge on any atom is 0.281 e. The fourth-order valence-electron chi connectivity index (χ4n) is 1.42. The van der Waals surface area contributed by atoms with Crippen molar-refractivity contribution >= 4 is 29.5 Å². The number of benzene rings is 1. The lowest BCUT2D eigenvalue weighted by molar-refractivity contribution is -0.384. The van der Waals surface area contributed by atoms with Crippen LogP contribution in [0, 0.1) is 17.0 Å². The second kappa shape index (κ2) is 6.18. The number of carbonyl (C=O) groups excluding carboxylic acids is 1. The van der Waals surface area contributed by atoms with E-state index in [1.54, 1.807) is 6.92 Å². The third-order valence-corrected chi connectivity index (χ3v) is 3.13. The maximum atomic E-state index is 11.1. The second-order valence-electron chi connectivity index (χ2n) is 3.84. The topological polar surface area (TPSA) is 122 Å². The number of non-ortho nitro benzene ring substituents is 1. The smallest absolute Gasteiger partial charge is 0.281 e. The van der Waals surface area contributed by atoms with E-state index in [2.05, 4.69) is 10.2 Å². The molecule has 2 rings (SSSR count). The number of thioether (sulfide) groups is 1. The number of nitrogens with zero attached hydrogens (tertiary/aromatic N) is 3. The lowest BCUT2D eigenvalue weighted by atomic mass is 10.2. The summed E-state index contributed by atoms with van der Waals surface area (Å²) in [5, 5.41) is 29.1. The zero-order valence-electron chi connectivity index (χ0n) is 10.7. The summed E-state index contributed by atoms with van der Waals surface area (Å²) < 4.78 is 5.06. The van der Waals surface area contributed by atoms with Crippen molar-refractivity contribution in [2.45, 2.75) is 12.1 Å². The number of hydrogen-bond donors (Lipinski definition) is 0. The van der Waals surface area contributed by atoms with Crippen LogP contribution in [-0.4, -0.2) is 21.1 Å². The number of carboxylic acid groups (broad SMARTS) is 1. The first kappa shape index (κ1) is 14.7. The molecule has 0 spiro atoms. The Morgan fingerprint density at radius 3 is 2.76 bits per heavy atom. The lowest BCUT2D eigenvalue weighted by Gasteiger charge is -2.05. The minimum atomic E-state index is -1.44. The van der Waals surface area contributed by atoms with Crippen LogP contribution in [0.1, 0.15) is 11.5 Å². The molecule has 108 valence electrons. The fourth-order valence-corrected chi connectivity index (χ4v) is 2.13. The van der Waals surface area contributed by atoms with Gasteiger partial charge in [0.05, 0.1) is 10.9 Å². The van der Waals surface area contributed by atoms with E-state index >= 15 is 0 Å². The van der Waals surface area contributed by atoms with E-state index in [1.807, 2.05) is 0 Å². The Labute approximate surface area is 122 Å². The highest BCUT2D eigenvalue weighted by molar-refractivity contribution is 8.03. The molecule has 0 N–H and O–H groups in total. The zero-order valence-corrected chi connectivity index (χ0v) is 11.5. The Morgan fingerprint density at radius 2 is 2.19 bits per heavy atom. The summed E-state index contributed by atoms with van der Waals surface area (Å²) in [6, 6.07) is 5.56. The average molecular weight is 306 g/mol. The van der Waals surface area contributed by atoms with Crippen LogP contribution in [0.15, 0.2) is 38.8 Å². The molecule has 1 aromatic heterocycles. The Morgan fingerprint density at radius 1 is 1.43 bits per heavy atom. The molecule has 0 saturated heterocycles. The number of carbonyl (C=O) groups is 1. The molecule has 0 fully saturated rings. The third kappa shape index (κ3) is 3.89. The standard InChI is InChI=1S/C12H9N3O5S/c1-7-13-14-12(20-7)21-10(11(16)17)6-8-3-2-4-9(5-8)15(18)19/h2-6H,1H3,(H,16,17)/p-1/b10-6-.